The summed E-state index contributed by atoms with van der Waals surface area (Å²) in [5.74, 6) is 0. The summed E-state index contributed by atoms with van der Waals surface area (Å²) in [6.45, 7) is 6.86. The van der Waals surface area contributed by atoms with Crippen LogP contribution >= 0.6 is 0 Å². The predicted octanol–water partition coefficient (Wildman–Crippen LogP) is 23.6. The van der Waals surface area contributed by atoms with Crippen LogP contribution < -0.4 is 26.2 Å². The Bertz CT molecular complexity index is 6390. The molecule has 0 saturated carbocycles. The maximum Gasteiger partial charge on any atom is 0.252 e. The van der Waals surface area contributed by atoms with Gasteiger partial charge in [-0.05, 0) is 130 Å². The van der Waals surface area contributed by atoms with Crippen LogP contribution in [0.4, 0.5) is 34.1 Å². The highest BCUT2D eigenvalue weighted by atomic mass is 15.2. The Morgan fingerprint density at radius 1 is 0.232 bits per heavy atom. The van der Waals surface area contributed by atoms with Crippen LogP contribution in [0, 0.1) is 0 Å². The van der Waals surface area contributed by atoms with Gasteiger partial charge in [0.15, 0.2) is 0 Å². The molecule has 0 aliphatic carbocycles. The molecule has 4 aromatic heterocycles. The molecule has 15 aromatic carbocycles. The van der Waals surface area contributed by atoms with E-state index in [1.807, 2.05) is 0 Å². The summed E-state index contributed by atoms with van der Waals surface area (Å²) < 4.78 is 5.25. The van der Waals surface area contributed by atoms with Gasteiger partial charge in [0, 0.05) is 77.0 Å². The Morgan fingerprint density at radius 2 is 0.535 bits per heavy atom. The van der Waals surface area contributed by atoms with E-state index < -0.39 is 0 Å². The average molecular weight is 1260 g/mol. The van der Waals surface area contributed by atoms with Gasteiger partial charge in [0.1, 0.15) is 0 Å². The molecule has 0 atom stereocenters. The number of rotatable bonds is 4. The second-order valence-corrected chi connectivity index (χ2v) is 28.2. The first kappa shape index (κ1) is 55.8. The van der Waals surface area contributed by atoms with Crippen LogP contribution in [0.25, 0.3) is 142 Å². The topological polar surface area (TPSA) is 15.3 Å². The molecule has 21 rings (SSSR count). The number of para-hydroxylation sites is 6. The Hall–Kier alpha value is -12.4. The fourth-order valence-corrected chi connectivity index (χ4v) is 17.7. The van der Waals surface area contributed by atoms with Crippen LogP contribution in [0.2, 0.25) is 0 Å². The first-order chi connectivity index (χ1) is 48.8. The van der Waals surface area contributed by atoms with Gasteiger partial charge in [0.05, 0.1) is 44.5 Å². The first-order valence-electron chi connectivity index (χ1n) is 34.7. The van der Waals surface area contributed by atoms with Crippen molar-refractivity contribution in [3.8, 4) is 22.3 Å². The van der Waals surface area contributed by atoms with Gasteiger partial charge in [-0.25, -0.2) is 0 Å². The molecular formula is C94H63BN4. The summed E-state index contributed by atoms with van der Waals surface area (Å²) in [4.78, 5) is 5.36. The fraction of sp³-hybridized carbons (Fsp3) is 0.0426. The van der Waals surface area contributed by atoms with Crippen molar-refractivity contribution in [1.82, 2.24) is 8.80 Å². The maximum atomic E-state index is 2.68. The van der Waals surface area contributed by atoms with E-state index in [2.05, 4.69) is 367 Å². The number of anilines is 6. The van der Waals surface area contributed by atoms with E-state index in [-0.39, 0.29) is 12.1 Å². The Labute approximate surface area is 573 Å². The first-order valence-corrected chi connectivity index (χ1v) is 34.7. The molecule has 0 spiro atoms. The molecule has 19 aromatic rings. The van der Waals surface area contributed by atoms with Crippen molar-refractivity contribution in [3.63, 3.8) is 0 Å². The molecule has 0 saturated heterocycles. The van der Waals surface area contributed by atoms with Gasteiger partial charge >= 0.3 is 0 Å². The molecule has 0 N–H and O–H groups in total. The Kier molecular flexibility index (Phi) is 11.9. The number of hydrogen-bond donors (Lipinski definition) is 0. The molecule has 4 nitrogen and oxygen atoms in total. The van der Waals surface area contributed by atoms with E-state index in [9.17, 15) is 0 Å². The molecule has 99 heavy (non-hydrogen) atoms. The summed E-state index contributed by atoms with van der Waals surface area (Å²) in [7, 11) is 0. The van der Waals surface area contributed by atoms with Crippen LogP contribution in [0.5, 0.6) is 0 Å². The molecule has 6 heterocycles. The third kappa shape index (κ3) is 7.98. The van der Waals surface area contributed by atoms with Crippen molar-refractivity contribution in [2.24, 2.45) is 0 Å². The summed E-state index contributed by atoms with van der Waals surface area (Å²) in [6, 6.07) is 125. The van der Waals surface area contributed by atoms with Gasteiger partial charge < -0.3 is 18.6 Å². The van der Waals surface area contributed by atoms with Gasteiger partial charge in [-0.2, -0.15) is 0 Å². The molecule has 0 fully saturated rings. The third-order valence-corrected chi connectivity index (χ3v) is 21.9. The fourth-order valence-electron chi connectivity index (χ4n) is 17.7. The zero-order valence-electron chi connectivity index (χ0n) is 55.0. The monoisotopic (exact) mass is 1260 g/mol. The van der Waals surface area contributed by atoms with Gasteiger partial charge in [0.2, 0.25) is 0 Å². The summed E-state index contributed by atoms with van der Waals surface area (Å²) >= 11 is 0. The van der Waals surface area contributed by atoms with Crippen LogP contribution in [-0.4, -0.2) is 15.5 Å². The maximum absolute atomic E-state index is 2.68. The van der Waals surface area contributed by atoms with Crippen molar-refractivity contribution < 1.29 is 0 Å². The van der Waals surface area contributed by atoms with Crippen molar-refractivity contribution in [3.05, 3.63) is 333 Å². The SMILES string of the molecule is CC(C)(C)c1cc2c3c(c1)N(c1ccccc1-c1ccccc1)c1cc4c(cc1B3c1cc3c5ccccc5c5ccccc5c5cccc6c7ccccc7n(c3cc1N2c1ccccc1-c1ccccc1)c56)c1ccccc1c1ccccc1c1cccc2c3ccccc3n4c12. The van der Waals surface area contributed by atoms with Crippen LogP contribution in [-0.2, 0) is 5.41 Å². The van der Waals surface area contributed by atoms with Crippen LogP contribution in [0.1, 0.15) is 26.3 Å². The number of benzene rings is 15. The highest BCUT2D eigenvalue weighted by molar-refractivity contribution is 7.00. The average Bonchev–Trinajstić information content (AvgIpc) is 1.45. The van der Waals surface area contributed by atoms with E-state index in [1.54, 1.807) is 0 Å². The minimum atomic E-state index is -0.300. The quantitative estimate of drug-likeness (QED) is 0.163. The predicted molar refractivity (Wildman–Crippen MR) is 425 cm³/mol. The summed E-state index contributed by atoms with van der Waals surface area (Å²) in [5.41, 5.74) is 23.1. The Morgan fingerprint density at radius 3 is 0.919 bits per heavy atom. The van der Waals surface area contributed by atoms with Gasteiger partial charge in [-0.3, -0.25) is 0 Å². The molecule has 0 radical (unpaired) electrons. The van der Waals surface area contributed by atoms with Gasteiger partial charge in [-0.15, -0.1) is 0 Å². The lowest BCUT2D eigenvalue weighted by molar-refractivity contribution is 0.590. The smallest absolute Gasteiger partial charge is 0.252 e. The Balaban J connectivity index is 1.03. The minimum Gasteiger partial charge on any atom is -0.311 e. The third-order valence-electron chi connectivity index (χ3n) is 21.9. The minimum absolute atomic E-state index is 0.290. The number of fused-ring (bicyclic) bond motifs is 24. The van der Waals surface area contributed by atoms with Crippen molar-refractivity contribution in [2.75, 3.05) is 9.80 Å². The summed E-state index contributed by atoms with van der Waals surface area (Å²) in [5, 5.41) is 19.3. The highest BCUT2D eigenvalue weighted by Gasteiger charge is 2.46. The van der Waals surface area contributed by atoms with Crippen LogP contribution in [0.15, 0.2) is 328 Å². The molecule has 0 bridgehead atoms. The molecule has 0 amide bonds. The van der Waals surface area contributed by atoms with Gasteiger partial charge in [0.25, 0.3) is 6.71 Å². The lowest BCUT2D eigenvalue weighted by Crippen LogP contribution is -2.61. The second-order valence-electron chi connectivity index (χ2n) is 28.2. The zero-order valence-corrected chi connectivity index (χ0v) is 55.0. The molecular weight excluding hydrogens is 1200 g/mol. The second kappa shape index (κ2) is 21.0. The largest absolute Gasteiger partial charge is 0.311 e. The van der Waals surface area contributed by atoms with Crippen molar-refractivity contribution in [2.45, 2.75) is 26.2 Å². The molecule has 0 unspecified atom stereocenters. The van der Waals surface area contributed by atoms with Crippen molar-refractivity contribution in [1.29, 1.82) is 0 Å². The van der Waals surface area contributed by atoms with E-state index in [0.717, 1.165) is 67.4 Å². The normalized spacial score (nSPS) is 12.9. The highest BCUT2D eigenvalue weighted by Crippen LogP contribution is 2.52. The van der Waals surface area contributed by atoms with Crippen LogP contribution in [0.3, 0.4) is 0 Å². The van der Waals surface area contributed by atoms with Gasteiger partial charge in [-0.1, -0.05) is 300 Å². The molecule has 2 aliphatic rings. The molecule has 5 heteroatoms. The summed E-state index contributed by atoms with van der Waals surface area (Å²) in [6.07, 6.45) is 0. The molecule has 462 valence electrons. The number of hydrogen-bond acceptors (Lipinski definition) is 2. The van der Waals surface area contributed by atoms with Crippen molar-refractivity contribution >= 4 is 177 Å². The zero-order chi connectivity index (χ0) is 65.4. The standard InChI is InChI=1S/C94H63BN4/c1-94(2,3)60-52-89-91-90(53-60)97(82-49-23-19-33-62(82)59-30-8-5-9-31-59)88-57-86-78(70-41-17-13-37-66(70)64-35-11-15-39-68(64)74-45-27-47-76-72-43-21-25-51-84(72)99(86)93(74)76)55-80(88)95(91)79-54-77-69-40-16-12-36-65(69)63-34-10-14-38-67(63)73-44-26-46-75-71-42-20-24-50-83(71)98(92(73)75)85(77)56-87(79)96(89)81-48-22-18-32-61(81)58-28-6-4-7-29-58/h4-57H,1-3H3. The number of nitrogens with zero attached hydrogens (tertiary/aromatic N) is 4. The lowest BCUT2D eigenvalue weighted by atomic mass is 9.33. The number of aromatic nitrogens is 2. The van der Waals surface area contributed by atoms with E-state index in [4.69, 9.17) is 0 Å². The molecule has 2 aliphatic heterocycles. The van der Waals surface area contributed by atoms with E-state index in [1.165, 1.54) is 130 Å². The van der Waals surface area contributed by atoms with E-state index >= 15 is 0 Å². The van der Waals surface area contributed by atoms with E-state index in [0.29, 0.717) is 0 Å². The lowest BCUT2D eigenvalue weighted by Gasteiger charge is -2.46.